The molecule has 2 amide bonds. The topological polar surface area (TPSA) is 58.6 Å². The number of hydrogen-bond acceptors (Lipinski definition) is 3. The minimum atomic E-state index is -0.206. The van der Waals surface area contributed by atoms with Gasteiger partial charge in [-0.15, -0.1) is 0 Å². The maximum absolute atomic E-state index is 13.1. The third-order valence-corrected chi connectivity index (χ3v) is 5.76. The zero-order valence-corrected chi connectivity index (χ0v) is 20.1. The van der Waals surface area contributed by atoms with Crippen molar-refractivity contribution in [3.63, 3.8) is 0 Å². The van der Waals surface area contributed by atoms with Crippen molar-refractivity contribution >= 4 is 23.2 Å². The Labute approximate surface area is 206 Å². The maximum atomic E-state index is 13.1. The molecule has 0 aromatic heterocycles. The first-order valence-electron chi connectivity index (χ1n) is 11.6. The standard InChI is InChI=1S/C30H28N2O3/c1-4-35-28-12-8-7-11-27(28)32(3)30(34)23-17-19-24(20-18-23)31-29(33)26-10-6-5-9-25(26)22-15-13-21(2)14-16-22/h5-20H,4H2,1-3H3,(H,31,33). The van der Waals surface area contributed by atoms with Crippen molar-refractivity contribution in [1.82, 2.24) is 0 Å². The summed E-state index contributed by atoms with van der Waals surface area (Å²) in [6.07, 6.45) is 0. The molecule has 0 aliphatic rings. The van der Waals surface area contributed by atoms with Gasteiger partial charge in [-0.05, 0) is 67.4 Å². The number of nitrogens with zero attached hydrogens (tertiary/aromatic N) is 1. The van der Waals surface area contributed by atoms with Gasteiger partial charge in [0.15, 0.2) is 0 Å². The fourth-order valence-corrected chi connectivity index (χ4v) is 3.88. The van der Waals surface area contributed by atoms with Crippen molar-refractivity contribution in [3.05, 3.63) is 114 Å². The normalized spacial score (nSPS) is 10.5. The van der Waals surface area contributed by atoms with Gasteiger partial charge in [-0.25, -0.2) is 0 Å². The molecule has 1 N–H and O–H groups in total. The second-order valence-corrected chi connectivity index (χ2v) is 8.21. The first kappa shape index (κ1) is 23.8. The van der Waals surface area contributed by atoms with Gasteiger partial charge in [-0.1, -0.05) is 60.2 Å². The van der Waals surface area contributed by atoms with E-state index >= 15 is 0 Å². The molecule has 0 spiro atoms. The average molecular weight is 465 g/mol. The van der Waals surface area contributed by atoms with Crippen LogP contribution in [0.25, 0.3) is 11.1 Å². The van der Waals surface area contributed by atoms with Crippen LogP contribution in [0.15, 0.2) is 97.1 Å². The molecule has 0 aliphatic heterocycles. The minimum Gasteiger partial charge on any atom is -0.492 e. The summed E-state index contributed by atoms with van der Waals surface area (Å²) >= 11 is 0. The van der Waals surface area contributed by atoms with E-state index in [9.17, 15) is 9.59 Å². The van der Waals surface area contributed by atoms with Gasteiger partial charge in [0, 0.05) is 23.9 Å². The van der Waals surface area contributed by atoms with Crippen LogP contribution in [0.5, 0.6) is 5.75 Å². The Bertz CT molecular complexity index is 1330. The third kappa shape index (κ3) is 5.41. The van der Waals surface area contributed by atoms with E-state index in [0.29, 0.717) is 34.9 Å². The van der Waals surface area contributed by atoms with Gasteiger partial charge in [-0.2, -0.15) is 0 Å². The summed E-state index contributed by atoms with van der Waals surface area (Å²) in [5.74, 6) is 0.282. The number of anilines is 2. The summed E-state index contributed by atoms with van der Waals surface area (Å²) in [6.45, 7) is 4.46. The molecule has 0 saturated carbocycles. The maximum Gasteiger partial charge on any atom is 0.258 e. The van der Waals surface area contributed by atoms with Gasteiger partial charge in [-0.3, -0.25) is 9.59 Å². The van der Waals surface area contributed by atoms with E-state index in [0.717, 1.165) is 16.7 Å². The van der Waals surface area contributed by atoms with Crippen molar-refractivity contribution < 1.29 is 14.3 Å². The van der Waals surface area contributed by atoms with Crippen molar-refractivity contribution in [1.29, 1.82) is 0 Å². The zero-order valence-electron chi connectivity index (χ0n) is 20.1. The van der Waals surface area contributed by atoms with Crippen molar-refractivity contribution in [2.75, 3.05) is 23.9 Å². The van der Waals surface area contributed by atoms with Crippen molar-refractivity contribution in [3.8, 4) is 16.9 Å². The molecule has 0 fully saturated rings. The van der Waals surface area contributed by atoms with Gasteiger partial charge in [0.2, 0.25) is 0 Å². The predicted octanol–water partition coefficient (Wildman–Crippen LogP) is 6.59. The summed E-state index contributed by atoms with van der Waals surface area (Å²) in [4.78, 5) is 27.7. The van der Waals surface area contributed by atoms with Crippen LogP contribution in [0, 0.1) is 6.92 Å². The summed E-state index contributed by atoms with van der Waals surface area (Å²) in [7, 11) is 1.72. The van der Waals surface area contributed by atoms with Crippen LogP contribution < -0.4 is 15.0 Å². The highest BCUT2D eigenvalue weighted by atomic mass is 16.5. The molecule has 0 saturated heterocycles. The van der Waals surface area contributed by atoms with E-state index < -0.39 is 0 Å². The second-order valence-electron chi connectivity index (χ2n) is 8.21. The smallest absolute Gasteiger partial charge is 0.258 e. The monoisotopic (exact) mass is 464 g/mol. The number of amides is 2. The summed E-state index contributed by atoms with van der Waals surface area (Å²) in [5, 5.41) is 2.95. The third-order valence-electron chi connectivity index (χ3n) is 5.76. The van der Waals surface area contributed by atoms with Crippen LogP contribution in [-0.4, -0.2) is 25.5 Å². The van der Waals surface area contributed by atoms with Gasteiger partial charge in [0.1, 0.15) is 5.75 Å². The highest BCUT2D eigenvalue weighted by molar-refractivity contribution is 6.09. The van der Waals surface area contributed by atoms with Crippen LogP contribution in [0.1, 0.15) is 33.2 Å². The first-order chi connectivity index (χ1) is 17.0. The zero-order chi connectivity index (χ0) is 24.8. The number of ether oxygens (including phenoxy) is 1. The minimum absolute atomic E-state index is 0.167. The Morgan fingerprint density at radius 3 is 2.20 bits per heavy atom. The van der Waals surface area contributed by atoms with Gasteiger partial charge in [0.05, 0.1) is 12.3 Å². The van der Waals surface area contributed by atoms with Crippen LogP contribution >= 0.6 is 0 Å². The lowest BCUT2D eigenvalue weighted by Crippen LogP contribution is -2.26. The molecule has 4 aromatic carbocycles. The largest absolute Gasteiger partial charge is 0.492 e. The molecular formula is C30H28N2O3. The Balaban J connectivity index is 1.50. The Hall–Kier alpha value is -4.38. The lowest BCUT2D eigenvalue weighted by Gasteiger charge is -2.20. The van der Waals surface area contributed by atoms with Crippen LogP contribution in [-0.2, 0) is 0 Å². The number of benzene rings is 4. The Morgan fingerprint density at radius 2 is 1.49 bits per heavy atom. The number of rotatable bonds is 7. The fraction of sp³-hybridized carbons (Fsp3) is 0.133. The molecule has 0 heterocycles. The lowest BCUT2D eigenvalue weighted by atomic mass is 9.98. The van der Waals surface area contributed by atoms with Gasteiger partial charge < -0.3 is 15.0 Å². The highest BCUT2D eigenvalue weighted by Gasteiger charge is 2.18. The average Bonchev–Trinajstić information content (AvgIpc) is 2.89. The van der Waals surface area contributed by atoms with E-state index in [-0.39, 0.29) is 11.8 Å². The Kier molecular flexibility index (Phi) is 7.27. The molecule has 0 radical (unpaired) electrons. The Morgan fingerprint density at radius 1 is 0.829 bits per heavy atom. The van der Waals surface area contributed by atoms with E-state index in [4.69, 9.17) is 4.74 Å². The predicted molar refractivity (Wildman–Crippen MR) is 141 cm³/mol. The van der Waals surface area contributed by atoms with E-state index in [1.54, 1.807) is 36.2 Å². The summed E-state index contributed by atoms with van der Waals surface area (Å²) in [5.41, 5.74) is 5.43. The number of hydrogen-bond donors (Lipinski definition) is 1. The summed E-state index contributed by atoms with van der Waals surface area (Å²) in [6, 6.07) is 30.0. The fourth-order valence-electron chi connectivity index (χ4n) is 3.88. The van der Waals surface area contributed by atoms with Gasteiger partial charge in [0.25, 0.3) is 11.8 Å². The SMILES string of the molecule is CCOc1ccccc1N(C)C(=O)c1ccc(NC(=O)c2ccccc2-c2ccc(C)cc2)cc1. The van der Waals surface area contributed by atoms with Crippen LogP contribution in [0.2, 0.25) is 0 Å². The number of carbonyl (C=O) groups is 2. The quantitative estimate of drug-likeness (QED) is 0.336. The molecule has 5 nitrogen and oxygen atoms in total. The molecule has 4 rings (SSSR count). The van der Waals surface area contributed by atoms with E-state index in [1.807, 2.05) is 86.6 Å². The molecule has 0 aliphatic carbocycles. The molecule has 35 heavy (non-hydrogen) atoms. The number of nitrogens with one attached hydrogen (secondary N) is 1. The molecule has 0 atom stereocenters. The molecule has 4 aromatic rings. The van der Waals surface area contributed by atoms with Crippen LogP contribution in [0.4, 0.5) is 11.4 Å². The van der Waals surface area contributed by atoms with Gasteiger partial charge >= 0.3 is 0 Å². The molecule has 176 valence electrons. The first-order valence-corrected chi connectivity index (χ1v) is 11.6. The lowest BCUT2D eigenvalue weighted by molar-refractivity contribution is 0.0991. The molecule has 0 unspecified atom stereocenters. The number of carbonyl (C=O) groups excluding carboxylic acids is 2. The number of para-hydroxylation sites is 2. The van der Waals surface area contributed by atoms with Crippen LogP contribution in [0.3, 0.4) is 0 Å². The molecular weight excluding hydrogens is 436 g/mol. The van der Waals surface area contributed by atoms with Crippen molar-refractivity contribution in [2.45, 2.75) is 13.8 Å². The second kappa shape index (κ2) is 10.7. The summed E-state index contributed by atoms with van der Waals surface area (Å²) < 4.78 is 5.66. The van der Waals surface area contributed by atoms with E-state index in [1.165, 1.54) is 0 Å². The van der Waals surface area contributed by atoms with Crippen molar-refractivity contribution in [2.24, 2.45) is 0 Å². The molecule has 0 bridgehead atoms. The number of aryl methyl sites for hydroxylation is 1. The molecule has 5 heteroatoms. The highest BCUT2D eigenvalue weighted by Crippen LogP contribution is 2.29. The van der Waals surface area contributed by atoms with E-state index in [2.05, 4.69) is 5.32 Å².